The molecule has 5 rings (SSSR count). The summed E-state index contributed by atoms with van der Waals surface area (Å²) in [7, 11) is 1.38. The van der Waals surface area contributed by atoms with Crippen LogP contribution in [0.1, 0.15) is 10.4 Å². The van der Waals surface area contributed by atoms with Gasteiger partial charge in [-0.2, -0.15) is 4.68 Å². The van der Waals surface area contributed by atoms with Crippen molar-refractivity contribution in [2.24, 2.45) is 0 Å². The first-order valence-corrected chi connectivity index (χ1v) is 8.86. The number of para-hydroxylation sites is 1. The van der Waals surface area contributed by atoms with Gasteiger partial charge in [0.1, 0.15) is 11.3 Å². The Hall–Kier alpha value is -3.93. The van der Waals surface area contributed by atoms with E-state index in [1.807, 2.05) is 53.2 Å². The fraction of sp³-hybridized carbons (Fsp3) is 0.0455. The van der Waals surface area contributed by atoms with Crippen molar-refractivity contribution in [3.8, 4) is 11.5 Å². The van der Waals surface area contributed by atoms with E-state index >= 15 is 0 Å². The highest BCUT2D eigenvalue weighted by Crippen LogP contribution is 2.29. The molecular weight excluding hydrogens is 352 g/mol. The Morgan fingerprint density at radius 1 is 0.929 bits per heavy atom. The summed E-state index contributed by atoms with van der Waals surface area (Å²) in [4.78, 5) is 11.8. The van der Waals surface area contributed by atoms with Crippen LogP contribution in [0.5, 0.6) is 0 Å². The highest BCUT2D eigenvalue weighted by molar-refractivity contribution is 5.93. The molecule has 2 aromatic heterocycles. The number of hydrogen-bond donors (Lipinski definition) is 0. The Morgan fingerprint density at radius 3 is 2.50 bits per heavy atom. The molecule has 6 heteroatoms. The standard InChI is InChI=1S/C22H16N4O2/c1-28-22(27)15-10-12-17(13-11-15)25-14-16-6-2-3-7-18(16)21(25)26-20-9-5-4-8-19(20)23-24-26/h2-14H,1H3. The highest BCUT2D eigenvalue weighted by Gasteiger charge is 2.16. The maximum atomic E-state index is 11.8. The van der Waals surface area contributed by atoms with E-state index in [2.05, 4.69) is 33.2 Å². The number of carbonyl (C=O) groups excluding carboxylic acids is 1. The molecule has 0 fully saturated rings. The molecule has 28 heavy (non-hydrogen) atoms. The molecule has 2 heterocycles. The first-order valence-electron chi connectivity index (χ1n) is 8.86. The summed E-state index contributed by atoms with van der Waals surface area (Å²) in [5, 5.41) is 10.9. The first kappa shape index (κ1) is 16.3. The molecule has 0 saturated carbocycles. The molecule has 6 nitrogen and oxygen atoms in total. The van der Waals surface area contributed by atoms with Gasteiger partial charge in [0.15, 0.2) is 0 Å². The molecule has 5 aromatic rings. The van der Waals surface area contributed by atoms with Crippen LogP contribution in [0.2, 0.25) is 0 Å². The van der Waals surface area contributed by atoms with Gasteiger partial charge in [0.05, 0.1) is 18.2 Å². The quantitative estimate of drug-likeness (QED) is 0.449. The zero-order valence-electron chi connectivity index (χ0n) is 15.1. The summed E-state index contributed by atoms with van der Waals surface area (Å²) >= 11 is 0. The number of rotatable bonds is 3. The molecule has 0 aliphatic heterocycles. The Bertz CT molecular complexity index is 1320. The Balaban J connectivity index is 1.76. The summed E-state index contributed by atoms with van der Waals surface area (Å²) in [5.41, 5.74) is 3.19. The maximum Gasteiger partial charge on any atom is 0.337 e. The van der Waals surface area contributed by atoms with Crippen LogP contribution >= 0.6 is 0 Å². The minimum Gasteiger partial charge on any atom is -0.465 e. The van der Waals surface area contributed by atoms with E-state index in [0.717, 1.165) is 33.3 Å². The summed E-state index contributed by atoms with van der Waals surface area (Å²) in [5.74, 6) is 0.543. The molecule has 0 radical (unpaired) electrons. The van der Waals surface area contributed by atoms with Crippen molar-refractivity contribution < 1.29 is 9.53 Å². The number of aromatic nitrogens is 4. The molecule has 0 saturated heterocycles. The summed E-state index contributed by atoms with van der Waals surface area (Å²) in [6.07, 6.45) is 2.06. The Labute approximate surface area is 160 Å². The van der Waals surface area contributed by atoms with Gasteiger partial charge in [-0.25, -0.2) is 4.79 Å². The predicted octanol–water partition coefficient (Wildman–Crippen LogP) is 4.15. The van der Waals surface area contributed by atoms with Gasteiger partial charge in [0.25, 0.3) is 0 Å². The molecule has 0 unspecified atom stereocenters. The molecule has 0 bridgehead atoms. The molecule has 0 amide bonds. The van der Waals surface area contributed by atoms with Crippen molar-refractivity contribution >= 4 is 27.8 Å². The third-order valence-corrected chi connectivity index (χ3v) is 4.82. The lowest BCUT2D eigenvalue weighted by Crippen LogP contribution is -2.06. The Morgan fingerprint density at radius 2 is 1.68 bits per heavy atom. The smallest absolute Gasteiger partial charge is 0.337 e. The van der Waals surface area contributed by atoms with Gasteiger partial charge in [0, 0.05) is 22.7 Å². The minimum atomic E-state index is -0.355. The zero-order chi connectivity index (χ0) is 19.1. The van der Waals surface area contributed by atoms with Crippen LogP contribution in [-0.2, 0) is 4.74 Å². The van der Waals surface area contributed by atoms with Crippen LogP contribution < -0.4 is 0 Å². The van der Waals surface area contributed by atoms with E-state index < -0.39 is 0 Å². The van der Waals surface area contributed by atoms with Crippen LogP contribution in [0.4, 0.5) is 0 Å². The second-order valence-electron chi connectivity index (χ2n) is 6.44. The van der Waals surface area contributed by atoms with Crippen LogP contribution in [-0.4, -0.2) is 32.6 Å². The third-order valence-electron chi connectivity index (χ3n) is 4.82. The lowest BCUT2D eigenvalue weighted by Gasteiger charge is -2.11. The van der Waals surface area contributed by atoms with E-state index in [-0.39, 0.29) is 5.97 Å². The maximum absolute atomic E-state index is 11.8. The highest BCUT2D eigenvalue weighted by atomic mass is 16.5. The van der Waals surface area contributed by atoms with Gasteiger partial charge < -0.3 is 9.30 Å². The van der Waals surface area contributed by atoms with E-state index in [9.17, 15) is 4.79 Å². The fourth-order valence-corrected chi connectivity index (χ4v) is 3.46. The fourth-order valence-electron chi connectivity index (χ4n) is 3.46. The van der Waals surface area contributed by atoms with Crippen LogP contribution in [0.15, 0.2) is 79.0 Å². The van der Waals surface area contributed by atoms with Gasteiger partial charge in [-0.1, -0.05) is 41.6 Å². The van der Waals surface area contributed by atoms with Crippen LogP contribution in [0.3, 0.4) is 0 Å². The first-order chi connectivity index (χ1) is 13.8. The van der Waals surface area contributed by atoms with Gasteiger partial charge in [0.2, 0.25) is 0 Å². The Kier molecular flexibility index (Phi) is 3.69. The number of esters is 1. The topological polar surface area (TPSA) is 61.9 Å². The van der Waals surface area contributed by atoms with Gasteiger partial charge in [-0.15, -0.1) is 5.10 Å². The summed E-state index contributed by atoms with van der Waals surface area (Å²) in [6, 6.07) is 23.3. The van der Waals surface area contributed by atoms with Crippen molar-refractivity contribution in [2.45, 2.75) is 0 Å². The number of fused-ring (bicyclic) bond motifs is 2. The number of ether oxygens (including phenoxy) is 1. The van der Waals surface area contributed by atoms with Crippen LogP contribution in [0.25, 0.3) is 33.3 Å². The molecule has 3 aromatic carbocycles. The average molecular weight is 368 g/mol. The largest absolute Gasteiger partial charge is 0.465 e. The van der Waals surface area contributed by atoms with E-state index in [1.165, 1.54) is 7.11 Å². The van der Waals surface area contributed by atoms with Gasteiger partial charge >= 0.3 is 5.97 Å². The van der Waals surface area contributed by atoms with E-state index in [4.69, 9.17) is 4.74 Å². The molecule has 0 spiro atoms. The molecule has 136 valence electrons. The lowest BCUT2D eigenvalue weighted by atomic mass is 10.2. The number of methoxy groups -OCH3 is 1. The minimum absolute atomic E-state index is 0.355. The van der Waals surface area contributed by atoms with E-state index in [0.29, 0.717) is 5.56 Å². The zero-order valence-corrected chi connectivity index (χ0v) is 15.1. The molecule has 0 aliphatic rings. The van der Waals surface area contributed by atoms with E-state index in [1.54, 1.807) is 12.1 Å². The van der Waals surface area contributed by atoms with Crippen molar-refractivity contribution in [3.63, 3.8) is 0 Å². The van der Waals surface area contributed by atoms with Crippen molar-refractivity contribution in [1.29, 1.82) is 0 Å². The number of hydrogen-bond acceptors (Lipinski definition) is 4. The second kappa shape index (κ2) is 6.35. The van der Waals surface area contributed by atoms with Gasteiger partial charge in [-0.05, 0) is 36.4 Å². The number of benzene rings is 3. The van der Waals surface area contributed by atoms with Crippen LogP contribution in [0, 0.1) is 0 Å². The van der Waals surface area contributed by atoms with Crippen molar-refractivity contribution in [3.05, 3.63) is 84.6 Å². The van der Waals surface area contributed by atoms with Gasteiger partial charge in [-0.3, -0.25) is 0 Å². The number of nitrogens with zero attached hydrogens (tertiary/aromatic N) is 4. The third kappa shape index (κ3) is 2.46. The predicted molar refractivity (Wildman–Crippen MR) is 107 cm³/mol. The number of carbonyl (C=O) groups is 1. The normalized spacial score (nSPS) is 11.2. The second-order valence-corrected chi connectivity index (χ2v) is 6.44. The molecule has 0 N–H and O–H groups in total. The molecular formula is C22H16N4O2. The monoisotopic (exact) mass is 368 g/mol. The summed E-state index contributed by atoms with van der Waals surface area (Å²) in [6.45, 7) is 0. The lowest BCUT2D eigenvalue weighted by molar-refractivity contribution is 0.0601. The summed E-state index contributed by atoms with van der Waals surface area (Å²) < 4.78 is 8.71. The molecule has 0 atom stereocenters. The molecule has 0 aliphatic carbocycles. The SMILES string of the molecule is COC(=O)c1ccc(-n2cc3ccccc3c2-n2nnc3ccccc32)cc1. The average Bonchev–Trinajstić information content (AvgIpc) is 3.34. The van der Waals surface area contributed by atoms with Crippen molar-refractivity contribution in [2.75, 3.05) is 7.11 Å². The van der Waals surface area contributed by atoms with Crippen molar-refractivity contribution in [1.82, 2.24) is 19.6 Å².